The molecule has 1 unspecified atom stereocenters. The van der Waals surface area contributed by atoms with Crippen LogP contribution < -0.4 is 11.2 Å². The molecule has 0 aromatic carbocycles. The van der Waals surface area contributed by atoms with Gasteiger partial charge in [-0.25, -0.2) is 4.79 Å². The van der Waals surface area contributed by atoms with Crippen molar-refractivity contribution in [2.45, 2.75) is 24.5 Å². The molecule has 0 amide bonds. The summed E-state index contributed by atoms with van der Waals surface area (Å²) < 4.78 is 6.40. The molecule has 2 rings (SSSR count). The van der Waals surface area contributed by atoms with Crippen LogP contribution in [0.3, 0.4) is 0 Å². The van der Waals surface area contributed by atoms with Crippen LogP contribution in [0.2, 0.25) is 0 Å². The Balaban J connectivity index is 2.42. The highest BCUT2D eigenvalue weighted by Crippen LogP contribution is 2.27. The molecule has 0 saturated carbocycles. The zero-order valence-electron chi connectivity index (χ0n) is 8.99. The number of ether oxygens (including phenoxy) is 1. The highest BCUT2D eigenvalue weighted by Gasteiger charge is 2.43. The van der Waals surface area contributed by atoms with Crippen molar-refractivity contribution in [3.8, 4) is 0 Å². The van der Waals surface area contributed by atoms with Gasteiger partial charge >= 0.3 is 5.69 Å². The summed E-state index contributed by atoms with van der Waals surface area (Å²) in [6, 6.07) is 0. The number of aromatic nitrogens is 2. The predicted molar refractivity (Wildman–Crippen MR) is 67.0 cm³/mol. The lowest BCUT2D eigenvalue weighted by atomic mass is 10.1. The smallest absolute Gasteiger partial charge is 0.330 e. The molecule has 4 N–H and O–H groups in total. The molecule has 100 valence electrons. The average molecular weight is 370 g/mol. The van der Waals surface area contributed by atoms with E-state index in [0.29, 0.717) is 0 Å². The van der Waals surface area contributed by atoms with Gasteiger partial charge in [0.2, 0.25) is 0 Å². The van der Waals surface area contributed by atoms with Crippen LogP contribution in [0.4, 0.5) is 0 Å². The molecular formula is C9H11IN2O6. The van der Waals surface area contributed by atoms with Crippen LogP contribution in [0.15, 0.2) is 15.8 Å². The minimum Gasteiger partial charge on any atom is -0.394 e. The van der Waals surface area contributed by atoms with Crippen LogP contribution in [-0.4, -0.2) is 49.8 Å². The van der Waals surface area contributed by atoms with E-state index in [1.165, 1.54) is 6.20 Å². The van der Waals surface area contributed by atoms with Gasteiger partial charge in [0.1, 0.15) is 18.3 Å². The molecule has 1 aliphatic rings. The average Bonchev–Trinajstić information content (AvgIpc) is 2.61. The zero-order chi connectivity index (χ0) is 13.4. The van der Waals surface area contributed by atoms with Gasteiger partial charge in [-0.05, 0) is 22.6 Å². The number of halogens is 1. The number of nitrogens with one attached hydrogen (secondary N) is 1. The first-order valence-electron chi connectivity index (χ1n) is 5.09. The third kappa shape index (κ3) is 2.23. The normalized spacial score (nSPS) is 31.8. The van der Waals surface area contributed by atoms with Gasteiger partial charge in [-0.1, -0.05) is 0 Å². The molecular weight excluding hydrogens is 359 g/mol. The molecule has 1 aromatic heterocycles. The fourth-order valence-electron chi connectivity index (χ4n) is 1.76. The Morgan fingerprint density at radius 3 is 2.61 bits per heavy atom. The number of nitrogens with zero attached hydrogens (tertiary/aromatic N) is 1. The van der Waals surface area contributed by atoms with E-state index in [1.54, 1.807) is 22.6 Å². The van der Waals surface area contributed by atoms with Gasteiger partial charge < -0.3 is 20.1 Å². The molecule has 2 heterocycles. The van der Waals surface area contributed by atoms with E-state index in [4.69, 9.17) is 9.84 Å². The van der Waals surface area contributed by atoms with Crippen LogP contribution in [-0.2, 0) is 4.74 Å². The molecule has 8 nitrogen and oxygen atoms in total. The Labute approximate surface area is 114 Å². The van der Waals surface area contributed by atoms with E-state index in [9.17, 15) is 19.8 Å². The number of aliphatic hydroxyl groups is 3. The third-order valence-electron chi connectivity index (χ3n) is 2.72. The fourth-order valence-corrected chi connectivity index (χ4v) is 2.19. The first-order valence-corrected chi connectivity index (χ1v) is 6.17. The summed E-state index contributed by atoms with van der Waals surface area (Å²) in [5, 5.41) is 28.3. The quantitative estimate of drug-likeness (QED) is 0.436. The Morgan fingerprint density at radius 2 is 2.06 bits per heavy atom. The number of hydrogen-bond donors (Lipinski definition) is 4. The summed E-state index contributed by atoms with van der Waals surface area (Å²) >= 11 is 1.73. The second-order valence-electron chi connectivity index (χ2n) is 3.87. The first kappa shape index (κ1) is 13.7. The Hall–Kier alpha value is -0.750. The number of rotatable bonds is 2. The van der Waals surface area contributed by atoms with Crippen LogP contribution in [0.25, 0.3) is 0 Å². The maximum absolute atomic E-state index is 11.6. The summed E-state index contributed by atoms with van der Waals surface area (Å²) in [6.07, 6.45) is -3.54. The largest absolute Gasteiger partial charge is 0.394 e. The van der Waals surface area contributed by atoms with Gasteiger partial charge in [0.15, 0.2) is 6.23 Å². The summed E-state index contributed by atoms with van der Waals surface area (Å²) in [6.45, 7) is -0.482. The number of aromatic amines is 1. The van der Waals surface area contributed by atoms with Gasteiger partial charge in [-0.2, -0.15) is 0 Å². The second kappa shape index (κ2) is 5.09. The van der Waals surface area contributed by atoms with E-state index in [2.05, 4.69) is 4.98 Å². The SMILES string of the molecule is O=c1[nH]c(=O)n([C@@H]2O[C@H](CO)[C@H](O)C2O)cc1I. The van der Waals surface area contributed by atoms with E-state index in [0.717, 1.165) is 4.57 Å². The van der Waals surface area contributed by atoms with Crippen molar-refractivity contribution < 1.29 is 20.1 Å². The summed E-state index contributed by atoms with van der Waals surface area (Å²) in [4.78, 5) is 24.9. The topological polar surface area (TPSA) is 125 Å². The Kier molecular flexibility index (Phi) is 3.87. The molecule has 1 saturated heterocycles. The summed E-state index contributed by atoms with van der Waals surface area (Å²) in [7, 11) is 0. The monoisotopic (exact) mass is 370 g/mol. The standard InChI is InChI=1S/C9H11IN2O6/c10-3-1-12(9(17)11-7(3)16)8-6(15)5(14)4(2-13)18-8/h1,4-6,8,13-15H,2H2,(H,11,16,17)/t4-,5+,6?,8-/m1/s1. The van der Waals surface area contributed by atoms with Crippen LogP contribution >= 0.6 is 22.6 Å². The Bertz CT molecular complexity index is 555. The highest BCUT2D eigenvalue weighted by molar-refractivity contribution is 14.1. The van der Waals surface area contributed by atoms with Gasteiger partial charge in [-0.3, -0.25) is 14.3 Å². The number of H-pyrrole nitrogens is 1. The van der Waals surface area contributed by atoms with E-state index < -0.39 is 42.4 Å². The lowest BCUT2D eigenvalue weighted by Crippen LogP contribution is -2.38. The fraction of sp³-hybridized carbons (Fsp3) is 0.556. The minimum absolute atomic E-state index is 0.241. The molecule has 1 fully saturated rings. The zero-order valence-corrected chi connectivity index (χ0v) is 11.1. The Morgan fingerprint density at radius 1 is 1.39 bits per heavy atom. The van der Waals surface area contributed by atoms with Crippen LogP contribution in [0, 0.1) is 3.57 Å². The van der Waals surface area contributed by atoms with Crippen molar-refractivity contribution in [1.82, 2.24) is 9.55 Å². The lowest BCUT2D eigenvalue weighted by molar-refractivity contribution is -0.0551. The van der Waals surface area contributed by atoms with E-state index in [1.807, 2.05) is 0 Å². The van der Waals surface area contributed by atoms with Crippen molar-refractivity contribution in [3.05, 3.63) is 30.6 Å². The van der Waals surface area contributed by atoms with Crippen molar-refractivity contribution >= 4 is 22.6 Å². The third-order valence-corrected chi connectivity index (χ3v) is 3.48. The minimum atomic E-state index is -1.36. The molecule has 0 aliphatic carbocycles. The van der Waals surface area contributed by atoms with Crippen LogP contribution in [0.5, 0.6) is 0 Å². The maximum Gasteiger partial charge on any atom is 0.330 e. The van der Waals surface area contributed by atoms with Crippen molar-refractivity contribution in [2.24, 2.45) is 0 Å². The predicted octanol–water partition coefficient (Wildman–Crippen LogP) is -2.25. The van der Waals surface area contributed by atoms with Gasteiger partial charge in [-0.15, -0.1) is 0 Å². The van der Waals surface area contributed by atoms with E-state index >= 15 is 0 Å². The molecule has 1 aliphatic heterocycles. The number of hydrogen-bond acceptors (Lipinski definition) is 6. The number of aliphatic hydroxyl groups excluding tert-OH is 3. The maximum atomic E-state index is 11.6. The van der Waals surface area contributed by atoms with Crippen molar-refractivity contribution in [3.63, 3.8) is 0 Å². The molecule has 0 bridgehead atoms. The molecule has 18 heavy (non-hydrogen) atoms. The highest BCUT2D eigenvalue weighted by atomic mass is 127. The molecule has 1 aromatic rings. The molecule has 9 heteroatoms. The van der Waals surface area contributed by atoms with Crippen molar-refractivity contribution in [2.75, 3.05) is 6.61 Å². The van der Waals surface area contributed by atoms with Crippen LogP contribution in [0.1, 0.15) is 6.23 Å². The van der Waals surface area contributed by atoms with Gasteiger partial charge in [0, 0.05) is 6.20 Å². The van der Waals surface area contributed by atoms with Gasteiger partial charge in [0.25, 0.3) is 5.56 Å². The molecule has 4 atom stereocenters. The van der Waals surface area contributed by atoms with Crippen molar-refractivity contribution in [1.29, 1.82) is 0 Å². The summed E-state index contributed by atoms with van der Waals surface area (Å²) in [5.41, 5.74) is -1.29. The summed E-state index contributed by atoms with van der Waals surface area (Å²) in [5.74, 6) is 0. The lowest BCUT2D eigenvalue weighted by Gasteiger charge is -2.17. The molecule has 0 radical (unpaired) electrons. The first-order chi connectivity index (χ1) is 8.45. The molecule has 0 spiro atoms. The van der Waals surface area contributed by atoms with E-state index in [-0.39, 0.29) is 3.57 Å². The van der Waals surface area contributed by atoms with Gasteiger partial charge in [0.05, 0.1) is 10.2 Å². The second-order valence-corrected chi connectivity index (χ2v) is 5.03.